The van der Waals surface area contributed by atoms with Crippen LogP contribution in [0.25, 0.3) is 0 Å². The Balaban J connectivity index is 1.80. The third kappa shape index (κ3) is 5.94. The average molecular weight is 548 g/mol. The van der Waals surface area contributed by atoms with E-state index in [1.165, 1.54) is 17.0 Å². The van der Waals surface area contributed by atoms with E-state index in [1.807, 2.05) is 6.92 Å². The Morgan fingerprint density at radius 2 is 1.78 bits per heavy atom. The summed E-state index contributed by atoms with van der Waals surface area (Å²) in [6.07, 6.45) is 5.01. The zero-order valence-electron chi connectivity index (χ0n) is 19.7. The van der Waals surface area contributed by atoms with Gasteiger partial charge in [-0.2, -0.15) is 4.37 Å². The fourth-order valence-electron chi connectivity index (χ4n) is 4.36. The Kier molecular flexibility index (Phi) is 8.72. The van der Waals surface area contributed by atoms with Crippen LogP contribution in [-0.4, -0.2) is 33.9 Å². The first-order valence-electron chi connectivity index (χ1n) is 11.9. The highest BCUT2D eigenvalue weighted by atomic mass is 35.5. The normalized spacial score (nSPS) is 14.8. The number of rotatable bonds is 8. The number of nitrogens with one attached hydrogen (secondary N) is 1. The summed E-state index contributed by atoms with van der Waals surface area (Å²) >= 11 is 13.3. The maximum Gasteiger partial charge on any atom is 0.280 e. The first-order chi connectivity index (χ1) is 17.4. The first-order valence-corrected chi connectivity index (χ1v) is 13.4. The Labute approximate surface area is 224 Å². The summed E-state index contributed by atoms with van der Waals surface area (Å²) in [4.78, 5) is 29.1. The standard InChI is InChI=1S/C26H27Cl2N3O4S/c1-2-35-20-14-10-18(11-15-20)31(26(34)22-21(27)24(28)36-30-22)23(16-8-12-19(32)13-9-16)25(33)29-17-6-4-3-5-7-17/h8-15,17,23,32H,2-7H2,1H3,(H,29,33)/t23-/m1/s1. The van der Waals surface area contributed by atoms with Crippen LogP contribution in [0.15, 0.2) is 48.5 Å². The molecule has 1 atom stereocenters. The first kappa shape index (κ1) is 26.3. The molecule has 0 spiro atoms. The molecule has 1 aromatic heterocycles. The van der Waals surface area contributed by atoms with Crippen molar-refractivity contribution in [2.45, 2.75) is 51.1 Å². The van der Waals surface area contributed by atoms with E-state index >= 15 is 0 Å². The zero-order chi connectivity index (χ0) is 25.7. The van der Waals surface area contributed by atoms with Crippen molar-refractivity contribution in [3.8, 4) is 11.5 Å². The van der Waals surface area contributed by atoms with E-state index in [0.29, 0.717) is 23.6 Å². The maximum absolute atomic E-state index is 13.9. The topological polar surface area (TPSA) is 91.8 Å². The van der Waals surface area contributed by atoms with Crippen molar-refractivity contribution in [2.24, 2.45) is 0 Å². The third-order valence-electron chi connectivity index (χ3n) is 6.11. The number of carbonyl (C=O) groups excluding carboxylic acids is 2. The summed E-state index contributed by atoms with van der Waals surface area (Å²) in [6, 6.07) is 12.1. The molecule has 4 rings (SSSR count). The van der Waals surface area contributed by atoms with Gasteiger partial charge in [0.2, 0.25) is 5.91 Å². The quantitative estimate of drug-likeness (QED) is 0.340. The fourth-order valence-corrected chi connectivity index (χ4v) is 5.35. The van der Waals surface area contributed by atoms with Gasteiger partial charge in [0.05, 0.1) is 6.61 Å². The molecule has 7 nitrogen and oxygen atoms in total. The molecule has 0 saturated heterocycles. The number of nitrogens with zero attached hydrogens (tertiary/aromatic N) is 2. The lowest BCUT2D eigenvalue weighted by atomic mass is 9.94. The second kappa shape index (κ2) is 12.0. The van der Waals surface area contributed by atoms with Crippen LogP contribution in [0, 0.1) is 0 Å². The fraction of sp³-hybridized carbons (Fsp3) is 0.346. The van der Waals surface area contributed by atoms with Crippen LogP contribution in [0.3, 0.4) is 0 Å². The minimum atomic E-state index is -1.05. The van der Waals surface area contributed by atoms with E-state index in [9.17, 15) is 14.7 Å². The summed E-state index contributed by atoms with van der Waals surface area (Å²) in [5, 5.41) is 13.1. The van der Waals surface area contributed by atoms with Crippen LogP contribution in [0.4, 0.5) is 5.69 Å². The molecule has 3 aromatic rings. The molecule has 1 saturated carbocycles. The number of aromatic hydroxyl groups is 1. The number of hydrogen-bond donors (Lipinski definition) is 2. The number of anilines is 1. The van der Waals surface area contributed by atoms with E-state index in [2.05, 4.69) is 9.69 Å². The Bertz CT molecular complexity index is 1190. The number of hydrogen-bond acceptors (Lipinski definition) is 6. The van der Waals surface area contributed by atoms with E-state index in [0.717, 1.165) is 43.6 Å². The second-order valence-corrected chi connectivity index (χ2v) is 10.3. The summed E-state index contributed by atoms with van der Waals surface area (Å²) < 4.78 is 9.91. The smallest absolute Gasteiger partial charge is 0.280 e. The molecule has 1 aliphatic carbocycles. The molecule has 36 heavy (non-hydrogen) atoms. The minimum absolute atomic E-state index is 0.0282. The molecule has 190 valence electrons. The molecule has 0 radical (unpaired) electrons. The lowest BCUT2D eigenvalue weighted by Gasteiger charge is -2.33. The van der Waals surface area contributed by atoms with Gasteiger partial charge < -0.3 is 15.2 Å². The highest BCUT2D eigenvalue weighted by molar-refractivity contribution is 7.11. The van der Waals surface area contributed by atoms with Crippen molar-refractivity contribution >= 4 is 52.2 Å². The van der Waals surface area contributed by atoms with Gasteiger partial charge in [0.1, 0.15) is 26.9 Å². The van der Waals surface area contributed by atoms with Crippen molar-refractivity contribution in [3.63, 3.8) is 0 Å². The number of carbonyl (C=O) groups is 2. The number of halogens is 2. The maximum atomic E-state index is 13.9. The van der Waals surface area contributed by atoms with Crippen molar-refractivity contribution < 1.29 is 19.4 Å². The summed E-state index contributed by atoms with van der Waals surface area (Å²) in [5.74, 6) is -0.203. The molecule has 0 unspecified atom stereocenters. The number of aromatic nitrogens is 1. The highest BCUT2D eigenvalue weighted by Crippen LogP contribution is 2.36. The largest absolute Gasteiger partial charge is 0.508 e. The molecule has 10 heteroatoms. The number of phenolic OH excluding ortho intramolecular Hbond substituents is 1. The van der Waals surface area contributed by atoms with Crippen molar-refractivity contribution in [1.82, 2.24) is 9.69 Å². The Morgan fingerprint density at radius 1 is 1.11 bits per heavy atom. The van der Waals surface area contributed by atoms with Gasteiger partial charge in [-0.25, -0.2) is 0 Å². The van der Waals surface area contributed by atoms with E-state index < -0.39 is 11.9 Å². The number of amides is 2. The van der Waals surface area contributed by atoms with Gasteiger partial charge in [-0.15, -0.1) is 0 Å². The van der Waals surface area contributed by atoms with E-state index in [4.69, 9.17) is 27.9 Å². The highest BCUT2D eigenvalue weighted by Gasteiger charge is 2.36. The Morgan fingerprint density at radius 3 is 2.36 bits per heavy atom. The van der Waals surface area contributed by atoms with Gasteiger partial charge >= 0.3 is 0 Å². The minimum Gasteiger partial charge on any atom is -0.508 e. The van der Waals surface area contributed by atoms with Gasteiger partial charge in [-0.05, 0) is 73.3 Å². The predicted octanol–water partition coefficient (Wildman–Crippen LogP) is 6.39. The van der Waals surface area contributed by atoms with Crippen LogP contribution >= 0.6 is 34.7 Å². The molecular weight excluding hydrogens is 521 g/mol. The molecule has 1 heterocycles. The van der Waals surface area contributed by atoms with Crippen molar-refractivity contribution in [3.05, 3.63) is 69.1 Å². The predicted molar refractivity (Wildman–Crippen MR) is 142 cm³/mol. The van der Waals surface area contributed by atoms with E-state index in [1.54, 1.807) is 36.4 Å². The summed E-state index contributed by atoms with van der Waals surface area (Å²) in [5.41, 5.74) is 0.955. The summed E-state index contributed by atoms with van der Waals surface area (Å²) in [7, 11) is 0. The SMILES string of the molecule is CCOc1ccc(N(C(=O)c2nsc(Cl)c2Cl)[C@@H](C(=O)NC2CCCCC2)c2ccc(O)cc2)cc1. The zero-order valence-corrected chi connectivity index (χ0v) is 22.1. The molecule has 2 N–H and O–H groups in total. The van der Waals surface area contributed by atoms with Crippen LogP contribution < -0.4 is 15.0 Å². The Hall–Kier alpha value is -2.81. The molecule has 0 aliphatic heterocycles. The van der Waals surface area contributed by atoms with Crippen molar-refractivity contribution in [2.75, 3.05) is 11.5 Å². The van der Waals surface area contributed by atoms with Gasteiger partial charge in [-0.3, -0.25) is 14.5 Å². The van der Waals surface area contributed by atoms with Gasteiger partial charge in [0, 0.05) is 11.7 Å². The van der Waals surface area contributed by atoms with Crippen LogP contribution in [-0.2, 0) is 4.79 Å². The van der Waals surface area contributed by atoms with Gasteiger partial charge in [0.15, 0.2) is 5.69 Å². The van der Waals surface area contributed by atoms with E-state index in [-0.39, 0.29) is 32.8 Å². The average Bonchev–Trinajstić information content (AvgIpc) is 3.22. The molecule has 2 amide bonds. The molecule has 2 aromatic carbocycles. The lowest BCUT2D eigenvalue weighted by molar-refractivity contribution is -0.123. The molecule has 0 bridgehead atoms. The van der Waals surface area contributed by atoms with Crippen molar-refractivity contribution in [1.29, 1.82) is 0 Å². The monoisotopic (exact) mass is 547 g/mol. The van der Waals surface area contributed by atoms with Crippen LogP contribution in [0.5, 0.6) is 11.5 Å². The van der Waals surface area contributed by atoms with Gasteiger partial charge in [-0.1, -0.05) is 54.6 Å². The number of ether oxygens (including phenoxy) is 1. The molecule has 1 fully saturated rings. The van der Waals surface area contributed by atoms with Crippen LogP contribution in [0.2, 0.25) is 9.36 Å². The lowest BCUT2D eigenvalue weighted by Crippen LogP contribution is -2.47. The molecule has 1 aliphatic rings. The van der Waals surface area contributed by atoms with Crippen LogP contribution in [0.1, 0.15) is 61.1 Å². The number of benzene rings is 2. The molecular formula is C26H27Cl2N3O4S. The third-order valence-corrected chi connectivity index (χ3v) is 7.72. The summed E-state index contributed by atoms with van der Waals surface area (Å²) in [6.45, 7) is 2.38. The number of phenols is 1. The second-order valence-electron chi connectivity index (χ2n) is 8.56. The van der Waals surface area contributed by atoms with Gasteiger partial charge in [0.25, 0.3) is 5.91 Å².